The number of benzene rings is 3. The first kappa shape index (κ1) is 29.2. The number of allylic oxidation sites excluding steroid dienone is 1. The van der Waals surface area contributed by atoms with Gasteiger partial charge in [-0.2, -0.15) is 26.3 Å². The topological polar surface area (TPSA) is 38.8 Å². The number of halogens is 6. The summed E-state index contributed by atoms with van der Waals surface area (Å²) in [6.45, 7) is 1.18. The minimum Gasteiger partial charge on any atom is -0.444 e. The molecule has 1 amide bonds. The summed E-state index contributed by atoms with van der Waals surface area (Å²) in [6, 6.07) is 19.4. The van der Waals surface area contributed by atoms with E-state index in [9.17, 15) is 31.1 Å². The molecule has 4 nitrogen and oxygen atoms in total. The molecule has 1 unspecified atom stereocenters. The van der Waals surface area contributed by atoms with Gasteiger partial charge in [0.05, 0.1) is 29.4 Å². The van der Waals surface area contributed by atoms with E-state index in [2.05, 4.69) is 0 Å². The van der Waals surface area contributed by atoms with E-state index in [1.54, 1.807) is 54.7 Å². The Morgan fingerprint density at radius 2 is 1.48 bits per heavy atom. The van der Waals surface area contributed by atoms with Crippen LogP contribution >= 0.6 is 0 Å². The van der Waals surface area contributed by atoms with Crippen LogP contribution in [0.4, 0.5) is 31.1 Å². The number of nitrogens with zero attached hydrogens (tertiary/aromatic N) is 1. The fourth-order valence-electron chi connectivity index (χ4n) is 4.62. The molecule has 0 radical (unpaired) electrons. The van der Waals surface area contributed by atoms with Gasteiger partial charge in [0, 0.05) is 6.20 Å². The van der Waals surface area contributed by atoms with Crippen LogP contribution in [0.2, 0.25) is 0 Å². The van der Waals surface area contributed by atoms with Gasteiger partial charge in [0.25, 0.3) is 0 Å². The lowest BCUT2D eigenvalue weighted by Gasteiger charge is -2.44. The van der Waals surface area contributed by atoms with Crippen molar-refractivity contribution in [3.05, 3.63) is 119 Å². The van der Waals surface area contributed by atoms with Crippen molar-refractivity contribution in [2.75, 3.05) is 6.61 Å². The first-order chi connectivity index (χ1) is 18.9. The highest BCUT2D eigenvalue weighted by atomic mass is 19.4. The lowest BCUT2D eigenvalue weighted by molar-refractivity contribution is -0.143. The van der Waals surface area contributed by atoms with Gasteiger partial charge in [0.1, 0.15) is 6.61 Å². The fourth-order valence-corrected chi connectivity index (χ4v) is 4.62. The standard InChI is InChI=1S/C30H27F6NO3/c1-21(23-16-25(29(31,32)33)18-26(17-23)30(34,35)36)40-20-28(24-12-6-3-7-13-24)14-8-9-15-37(28)27(38)39-19-22-10-4-2-5-11-22/h2-7,9-13,15-18,21H,8,14,19-20H2,1H3/t21-,28?/m1/s1. The Labute approximate surface area is 227 Å². The minimum absolute atomic E-state index is 0.0105. The fraction of sp³-hybridized carbons (Fsp3) is 0.300. The number of hydrogen-bond acceptors (Lipinski definition) is 3. The van der Waals surface area contributed by atoms with E-state index >= 15 is 0 Å². The normalized spacial score (nSPS) is 18.4. The van der Waals surface area contributed by atoms with Crippen LogP contribution in [0.15, 0.2) is 91.1 Å². The maximum absolute atomic E-state index is 13.4. The number of alkyl halides is 6. The van der Waals surface area contributed by atoms with Gasteiger partial charge in [-0.15, -0.1) is 0 Å². The molecule has 0 saturated carbocycles. The van der Waals surface area contributed by atoms with E-state index in [1.807, 2.05) is 18.2 Å². The molecule has 0 spiro atoms. The summed E-state index contributed by atoms with van der Waals surface area (Å²) in [5.41, 5.74) is -2.78. The van der Waals surface area contributed by atoms with Crippen LogP contribution in [0, 0.1) is 0 Å². The van der Waals surface area contributed by atoms with Gasteiger partial charge in [-0.1, -0.05) is 66.7 Å². The van der Waals surface area contributed by atoms with Gasteiger partial charge in [0.15, 0.2) is 0 Å². The first-order valence-corrected chi connectivity index (χ1v) is 12.5. The molecule has 10 heteroatoms. The van der Waals surface area contributed by atoms with E-state index in [4.69, 9.17) is 9.47 Å². The molecule has 212 valence electrons. The van der Waals surface area contributed by atoms with Crippen molar-refractivity contribution in [3.63, 3.8) is 0 Å². The molecule has 0 bridgehead atoms. The Bertz CT molecular complexity index is 1290. The molecule has 1 aliphatic heterocycles. The molecule has 40 heavy (non-hydrogen) atoms. The molecular formula is C30H27F6NO3. The smallest absolute Gasteiger partial charge is 0.416 e. The second kappa shape index (κ2) is 11.8. The summed E-state index contributed by atoms with van der Waals surface area (Å²) in [4.78, 5) is 14.7. The average molecular weight is 564 g/mol. The highest BCUT2D eigenvalue weighted by Gasteiger charge is 2.44. The van der Waals surface area contributed by atoms with Crippen LogP contribution < -0.4 is 0 Å². The van der Waals surface area contributed by atoms with Crippen LogP contribution in [0.1, 0.15) is 53.7 Å². The summed E-state index contributed by atoms with van der Waals surface area (Å²) < 4.78 is 92.1. The predicted molar refractivity (Wildman–Crippen MR) is 136 cm³/mol. The summed E-state index contributed by atoms with van der Waals surface area (Å²) in [5, 5.41) is 0. The lowest BCUT2D eigenvalue weighted by atomic mass is 9.82. The zero-order valence-corrected chi connectivity index (χ0v) is 21.5. The quantitative estimate of drug-likeness (QED) is 0.270. The van der Waals surface area contributed by atoms with E-state index in [0.29, 0.717) is 30.5 Å². The monoisotopic (exact) mass is 563 g/mol. The zero-order valence-electron chi connectivity index (χ0n) is 21.5. The van der Waals surface area contributed by atoms with Crippen molar-refractivity contribution in [1.82, 2.24) is 4.90 Å². The second-order valence-corrected chi connectivity index (χ2v) is 9.52. The van der Waals surface area contributed by atoms with Crippen molar-refractivity contribution in [2.24, 2.45) is 0 Å². The van der Waals surface area contributed by atoms with Gasteiger partial charge >= 0.3 is 18.4 Å². The Hall–Kier alpha value is -3.79. The zero-order chi connectivity index (χ0) is 29.0. The molecule has 1 heterocycles. The number of carbonyl (C=O) groups excluding carboxylic acids is 1. The largest absolute Gasteiger partial charge is 0.444 e. The number of ether oxygens (including phenoxy) is 2. The number of amides is 1. The van der Waals surface area contributed by atoms with E-state index in [0.717, 1.165) is 5.56 Å². The molecular weight excluding hydrogens is 536 g/mol. The molecule has 1 aliphatic rings. The number of hydrogen-bond donors (Lipinski definition) is 0. The van der Waals surface area contributed by atoms with E-state index in [-0.39, 0.29) is 24.8 Å². The summed E-state index contributed by atoms with van der Waals surface area (Å²) >= 11 is 0. The van der Waals surface area contributed by atoms with Gasteiger partial charge < -0.3 is 9.47 Å². The Morgan fingerprint density at radius 1 is 0.900 bits per heavy atom. The van der Waals surface area contributed by atoms with Crippen LogP contribution in [0.5, 0.6) is 0 Å². The molecule has 2 atom stereocenters. The van der Waals surface area contributed by atoms with Crippen LogP contribution in [0.3, 0.4) is 0 Å². The van der Waals surface area contributed by atoms with Crippen LogP contribution in [-0.4, -0.2) is 17.6 Å². The summed E-state index contributed by atoms with van der Waals surface area (Å²) in [6.07, 6.45) is -7.48. The Morgan fingerprint density at radius 3 is 2.05 bits per heavy atom. The number of rotatable bonds is 7. The molecule has 0 fully saturated rings. The van der Waals surface area contributed by atoms with Gasteiger partial charge in [-0.05, 0) is 54.7 Å². The first-order valence-electron chi connectivity index (χ1n) is 12.5. The van der Waals surface area contributed by atoms with Crippen molar-refractivity contribution < 1.29 is 40.6 Å². The SMILES string of the molecule is C[C@@H](OCC1(c2ccccc2)CCC=CN1C(=O)OCc1ccccc1)c1cc(C(F)(F)F)cc(C(F)(F)F)c1. The van der Waals surface area contributed by atoms with Crippen molar-refractivity contribution in [3.8, 4) is 0 Å². The highest BCUT2D eigenvalue weighted by molar-refractivity contribution is 5.71. The van der Waals surface area contributed by atoms with Crippen LogP contribution in [-0.2, 0) is 34.0 Å². The highest BCUT2D eigenvalue weighted by Crippen LogP contribution is 2.41. The third kappa shape index (κ3) is 6.67. The second-order valence-electron chi connectivity index (χ2n) is 9.52. The molecule has 3 aromatic carbocycles. The van der Waals surface area contributed by atoms with E-state index in [1.165, 1.54) is 11.8 Å². The Kier molecular flexibility index (Phi) is 8.58. The minimum atomic E-state index is -4.98. The van der Waals surface area contributed by atoms with Gasteiger partial charge in [-0.25, -0.2) is 4.79 Å². The van der Waals surface area contributed by atoms with Crippen molar-refractivity contribution in [1.29, 1.82) is 0 Å². The molecule has 0 aliphatic carbocycles. The van der Waals surface area contributed by atoms with Gasteiger partial charge in [-0.3, -0.25) is 4.90 Å². The maximum Gasteiger partial charge on any atom is 0.416 e. The predicted octanol–water partition coefficient (Wildman–Crippen LogP) is 8.64. The molecule has 4 rings (SSSR count). The lowest BCUT2D eigenvalue weighted by Crippen LogP contribution is -2.51. The van der Waals surface area contributed by atoms with E-state index < -0.39 is 41.2 Å². The van der Waals surface area contributed by atoms with Crippen LogP contribution in [0.25, 0.3) is 0 Å². The summed E-state index contributed by atoms with van der Waals surface area (Å²) in [7, 11) is 0. The van der Waals surface area contributed by atoms with Crippen molar-refractivity contribution in [2.45, 2.75) is 50.4 Å². The summed E-state index contributed by atoms with van der Waals surface area (Å²) in [5.74, 6) is 0. The third-order valence-corrected chi connectivity index (χ3v) is 6.80. The maximum atomic E-state index is 13.4. The molecule has 0 saturated heterocycles. The number of carbonyl (C=O) groups is 1. The average Bonchev–Trinajstić information content (AvgIpc) is 2.94. The van der Waals surface area contributed by atoms with Crippen molar-refractivity contribution >= 4 is 6.09 Å². The third-order valence-electron chi connectivity index (χ3n) is 6.80. The molecule has 0 aromatic heterocycles. The molecule has 0 N–H and O–H groups in total. The molecule has 3 aromatic rings. The Balaban J connectivity index is 1.64. The van der Waals surface area contributed by atoms with Gasteiger partial charge in [0.2, 0.25) is 0 Å².